The normalized spacial score (nSPS) is 10.3. The van der Waals surface area contributed by atoms with Crippen LogP contribution in [-0.4, -0.2) is 23.0 Å². The maximum atomic E-state index is 11.4. The molecule has 0 aromatic rings. The van der Waals surface area contributed by atoms with Crippen LogP contribution in [0, 0.1) is 0 Å². The molecule has 0 atom stereocenters. The first-order chi connectivity index (χ1) is 10.1. The summed E-state index contributed by atoms with van der Waals surface area (Å²) in [5.41, 5.74) is 0. The van der Waals surface area contributed by atoms with Crippen molar-refractivity contribution in [1.82, 2.24) is 0 Å². The minimum Gasteiger partial charge on any atom is -0.481 e. The molecule has 21 heavy (non-hydrogen) atoms. The number of rotatable bonds is 13. The van der Waals surface area contributed by atoms with Gasteiger partial charge in [-0.25, -0.2) is 0 Å². The predicted octanol–water partition coefficient (Wildman–Crippen LogP) is 3.84. The Morgan fingerprint density at radius 1 is 0.714 bits per heavy atom. The van der Waals surface area contributed by atoms with Crippen LogP contribution >= 0.6 is 0 Å². The fourth-order valence-electron chi connectivity index (χ4n) is 2.00. The lowest BCUT2D eigenvalue weighted by atomic mass is 10.1. The molecular weight excluding hydrogens is 272 g/mol. The molecular formula is C16H28O5. The van der Waals surface area contributed by atoms with Gasteiger partial charge in [-0.2, -0.15) is 0 Å². The van der Waals surface area contributed by atoms with Crippen molar-refractivity contribution in [3.05, 3.63) is 0 Å². The second-order valence-corrected chi connectivity index (χ2v) is 5.32. The quantitative estimate of drug-likeness (QED) is 0.317. The smallest absolute Gasteiger partial charge is 0.313 e. The van der Waals surface area contributed by atoms with Crippen LogP contribution in [-0.2, 0) is 19.1 Å². The molecule has 0 spiro atoms. The second kappa shape index (κ2) is 13.6. The van der Waals surface area contributed by atoms with Crippen LogP contribution < -0.4 is 0 Å². The van der Waals surface area contributed by atoms with Crippen LogP contribution in [0.25, 0.3) is 0 Å². The number of carboxylic acids is 1. The lowest BCUT2D eigenvalue weighted by Crippen LogP contribution is -2.12. The van der Waals surface area contributed by atoms with Gasteiger partial charge in [0.2, 0.25) is 0 Å². The molecule has 0 rings (SSSR count). The summed E-state index contributed by atoms with van der Waals surface area (Å²) in [6.07, 6.45) is 9.11. The number of carbonyl (C=O) groups is 3. The van der Waals surface area contributed by atoms with Crippen LogP contribution in [0.1, 0.15) is 84.0 Å². The number of hydrogen-bond donors (Lipinski definition) is 1. The van der Waals surface area contributed by atoms with Crippen molar-refractivity contribution in [3.63, 3.8) is 0 Å². The highest BCUT2D eigenvalue weighted by Crippen LogP contribution is 2.09. The van der Waals surface area contributed by atoms with E-state index in [1.54, 1.807) is 0 Å². The zero-order valence-electron chi connectivity index (χ0n) is 13.1. The van der Waals surface area contributed by atoms with Gasteiger partial charge in [-0.15, -0.1) is 0 Å². The van der Waals surface area contributed by atoms with Gasteiger partial charge < -0.3 is 9.84 Å². The summed E-state index contributed by atoms with van der Waals surface area (Å²) < 4.78 is 4.68. The zero-order valence-corrected chi connectivity index (χ0v) is 13.1. The fourth-order valence-corrected chi connectivity index (χ4v) is 2.00. The predicted molar refractivity (Wildman–Crippen MR) is 79.8 cm³/mol. The van der Waals surface area contributed by atoms with E-state index in [9.17, 15) is 14.4 Å². The van der Waals surface area contributed by atoms with Gasteiger partial charge in [0.25, 0.3) is 0 Å². The van der Waals surface area contributed by atoms with E-state index in [2.05, 4.69) is 11.7 Å². The molecule has 0 aromatic carbocycles. The number of hydrogen-bond acceptors (Lipinski definition) is 4. The Balaban J connectivity index is 3.43. The molecule has 0 saturated carbocycles. The Bertz CT molecular complexity index is 312. The van der Waals surface area contributed by atoms with Gasteiger partial charge in [-0.1, -0.05) is 45.4 Å². The molecule has 5 nitrogen and oxygen atoms in total. The van der Waals surface area contributed by atoms with E-state index in [1.165, 1.54) is 25.7 Å². The van der Waals surface area contributed by atoms with Gasteiger partial charge in [0.15, 0.2) is 0 Å². The molecule has 0 heterocycles. The largest absolute Gasteiger partial charge is 0.481 e. The first-order valence-electron chi connectivity index (χ1n) is 8.01. The summed E-state index contributed by atoms with van der Waals surface area (Å²) in [4.78, 5) is 33.0. The summed E-state index contributed by atoms with van der Waals surface area (Å²) in [6, 6.07) is 0. The van der Waals surface area contributed by atoms with Crippen LogP contribution in [0.15, 0.2) is 0 Å². The van der Waals surface area contributed by atoms with Crippen LogP contribution in [0.4, 0.5) is 0 Å². The molecule has 5 heteroatoms. The van der Waals surface area contributed by atoms with Crippen LogP contribution in [0.5, 0.6) is 0 Å². The summed E-state index contributed by atoms with van der Waals surface area (Å²) in [5.74, 6) is -1.89. The van der Waals surface area contributed by atoms with Crippen molar-refractivity contribution >= 4 is 17.9 Å². The van der Waals surface area contributed by atoms with Gasteiger partial charge in [0.1, 0.15) is 0 Å². The van der Waals surface area contributed by atoms with Crippen LogP contribution in [0.2, 0.25) is 0 Å². The number of aliphatic carboxylic acids is 1. The molecule has 0 saturated heterocycles. The molecule has 122 valence electrons. The SMILES string of the molecule is CCCCCCCCCC(=O)OC(=O)CCCCC(=O)O. The fraction of sp³-hybridized carbons (Fsp3) is 0.812. The molecule has 0 aliphatic carbocycles. The van der Waals surface area contributed by atoms with E-state index in [-0.39, 0.29) is 19.3 Å². The number of carbonyl (C=O) groups excluding carboxylic acids is 2. The Hall–Kier alpha value is -1.39. The molecule has 1 N–H and O–H groups in total. The number of ether oxygens (including phenoxy) is 1. The molecule has 0 bridgehead atoms. The summed E-state index contributed by atoms with van der Waals surface area (Å²) in [7, 11) is 0. The van der Waals surface area contributed by atoms with Gasteiger partial charge in [-0.05, 0) is 19.3 Å². The molecule has 0 fully saturated rings. The molecule has 0 aliphatic rings. The van der Waals surface area contributed by atoms with Crippen molar-refractivity contribution < 1.29 is 24.2 Å². The molecule has 0 amide bonds. The van der Waals surface area contributed by atoms with Gasteiger partial charge in [0.05, 0.1) is 0 Å². The van der Waals surface area contributed by atoms with Crippen molar-refractivity contribution in [3.8, 4) is 0 Å². The van der Waals surface area contributed by atoms with Crippen molar-refractivity contribution in [2.24, 2.45) is 0 Å². The number of carboxylic acid groups (broad SMARTS) is 1. The summed E-state index contributed by atoms with van der Waals surface area (Å²) in [6.45, 7) is 2.18. The molecule has 0 radical (unpaired) electrons. The van der Waals surface area contributed by atoms with Crippen molar-refractivity contribution in [2.45, 2.75) is 84.0 Å². The maximum absolute atomic E-state index is 11.4. The highest BCUT2D eigenvalue weighted by molar-refractivity contribution is 5.85. The lowest BCUT2D eigenvalue weighted by molar-refractivity contribution is -0.160. The highest BCUT2D eigenvalue weighted by atomic mass is 16.6. The average Bonchev–Trinajstić information content (AvgIpc) is 2.42. The first kappa shape index (κ1) is 19.6. The topological polar surface area (TPSA) is 80.7 Å². The van der Waals surface area contributed by atoms with E-state index in [0.29, 0.717) is 12.8 Å². The summed E-state index contributed by atoms with van der Waals surface area (Å²) in [5, 5.41) is 8.44. The molecule has 0 unspecified atom stereocenters. The van der Waals surface area contributed by atoms with E-state index in [4.69, 9.17) is 5.11 Å². The minimum atomic E-state index is -0.876. The van der Waals surface area contributed by atoms with Gasteiger partial charge in [0, 0.05) is 19.3 Å². The molecule has 0 aromatic heterocycles. The minimum absolute atomic E-state index is 0.0409. The summed E-state index contributed by atoms with van der Waals surface area (Å²) >= 11 is 0. The Kier molecular flexibility index (Phi) is 12.7. The van der Waals surface area contributed by atoms with E-state index in [1.807, 2.05) is 0 Å². The monoisotopic (exact) mass is 300 g/mol. The highest BCUT2D eigenvalue weighted by Gasteiger charge is 2.10. The number of unbranched alkanes of at least 4 members (excludes halogenated alkanes) is 7. The maximum Gasteiger partial charge on any atom is 0.313 e. The third-order valence-corrected chi connectivity index (χ3v) is 3.23. The third-order valence-electron chi connectivity index (χ3n) is 3.23. The third kappa shape index (κ3) is 14.8. The first-order valence-corrected chi connectivity index (χ1v) is 8.01. The lowest BCUT2D eigenvalue weighted by Gasteiger charge is -2.03. The van der Waals surface area contributed by atoms with Crippen molar-refractivity contribution in [1.29, 1.82) is 0 Å². The Morgan fingerprint density at radius 3 is 1.67 bits per heavy atom. The van der Waals surface area contributed by atoms with Gasteiger partial charge in [-0.3, -0.25) is 14.4 Å². The van der Waals surface area contributed by atoms with E-state index < -0.39 is 17.9 Å². The van der Waals surface area contributed by atoms with E-state index in [0.717, 1.165) is 19.3 Å². The van der Waals surface area contributed by atoms with Crippen molar-refractivity contribution in [2.75, 3.05) is 0 Å². The standard InChI is InChI=1S/C16H28O5/c1-2-3-4-5-6-7-8-12-15(19)21-16(20)13-10-9-11-14(17)18/h2-13H2,1H3,(H,17,18). The zero-order chi connectivity index (χ0) is 15.9. The Morgan fingerprint density at radius 2 is 1.14 bits per heavy atom. The van der Waals surface area contributed by atoms with E-state index >= 15 is 0 Å². The molecule has 0 aliphatic heterocycles. The van der Waals surface area contributed by atoms with Crippen LogP contribution in [0.3, 0.4) is 0 Å². The average molecular weight is 300 g/mol. The second-order valence-electron chi connectivity index (χ2n) is 5.32. The Labute approximate surface area is 127 Å². The number of esters is 2. The van der Waals surface area contributed by atoms with Gasteiger partial charge >= 0.3 is 17.9 Å².